The molecule has 1 unspecified atom stereocenters. The number of sulfonamides is 1. The van der Waals surface area contributed by atoms with Crippen LogP contribution in [-0.4, -0.2) is 40.3 Å². The predicted octanol–water partition coefficient (Wildman–Crippen LogP) is 3.20. The maximum Gasteiger partial charge on any atom is 0.247 e. The van der Waals surface area contributed by atoms with Crippen molar-refractivity contribution in [1.29, 1.82) is 0 Å². The standard InChI is InChI=1S/C20H26N2O5S/c1-6-27-17-10-8-16(9-11-17)21-20(23)15(3)22(28(5,24)25)18-13-14(2)7-12-19(18)26-4/h7-13,15H,6H2,1-5H3,(H,21,23). The van der Waals surface area contributed by atoms with Gasteiger partial charge in [0.2, 0.25) is 15.9 Å². The van der Waals surface area contributed by atoms with Crippen molar-refractivity contribution >= 4 is 27.3 Å². The maximum atomic E-state index is 12.8. The predicted molar refractivity (Wildman–Crippen MR) is 111 cm³/mol. The van der Waals surface area contributed by atoms with E-state index in [-0.39, 0.29) is 0 Å². The van der Waals surface area contributed by atoms with Gasteiger partial charge in [0, 0.05) is 5.69 Å². The minimum absolute atomic E-state index is 0.319. The van der Waals surface area contributed by atoms with Crippen LogP contribution in [0.15, 0.2) is 42.5 Å². The largest absolute Gasteiger partial charge is 0.495 e. The van der Waals surface area contributed by atoms with E-state index >= 15 is 0 Å². The van der Waals surface area contributed by atoms with E-state index in [0.29, 0.717) is 29.5 Å². The van der Waals surface area contributed by atoms with Gasteiger partial charge in [-0.3, -0.25) is 9.10 Å². The average Bonchev–Trinajstić information content (AvgIpc) is 2.62. The third-order valence-electron chi connectivity index (χ3n) is 4.09. The second-order valence-corrected chi connectivity index (χ2v) is 8.22. The lowest BCUT2D eigenvalue weighted by Gasteiger charge is -2.29. The number of hydrogen-bond acceptors (Lipinski definition) is 5. The Morgan fingerprint density at radius 3 is 2.36 bits per heavy atom. The highest BCUT2D eigenvalue weighted by atomic mass is 32.2. The molecule has 0 aliphatic carbocycles. The molecule has 152 valence electrons. The van der Waals surface area contributed by atoms with Gasteiger partial charge in [0.1, 0.15) is 17.5 Å². The van der Waals surface area contributed by atoms with Crippen LogP contribution in [0.4, 0.5) is 11.4 Å². The number of carbonyl (C=O) groups excluding carboxylic acids is 1. The van der Waals surface area contributed by atoms with Crippen LogP contribution in [-0.2, 0) is 14.8 Å². The van der Waals surface area contributed by atoms with Gasteiger partial charge in [-0.2, -0.15) is 0 Å². The van der Waals surface area contributed by atoms with Crippen LogP contribution in [0.1, 0.15) is 19.4 Å². The van der Waals surface area contributed by atoms with Crippen molar-refractivity contribution in [3.05, 3.63) is 48.0 Å². The Bertz CT molecular complexity index is 926. The molecule has 0 spiro atoms. The zero-order chi connectivity index (χ0) is 20.9. The molecule has 0 saturated heterocycles. The van der Waals surface area contributed by atoms with Crippen LogP contribution in [0.5, 0.6) is 11.5 Å². The van der Waals surface area contributed by atoms with E-state index in [9.17, 15) is 13.2 Å². The molecular weight excluding hydrogens is 380 g/mol. The first-order valence-electron chi connectivity index (χ1n) is 8.85. The highest BCUT2D eigenvalue weighted by molar-refractivity contribution is 7.92. The molecule has 1 N–H and O–H groups in total. The zero-order valence-corrected chi connectivity index (χ0v) is 17.5. The molecule has 0 aliphatic rings. The van der Waals surface area contributed by atoms with Crippen molar-refractivity contribution in [2.75, 3.05) is 29.6 Å². The lowest BCUT2D eigenvalue weighted by molar-refractivity contribution is -0.116. The zero-order valence-electron chi connectivity index (χ0n) is 16.7. The molecule has 0 aromatic heterocycles. The molecule has 0 saturated carbocycles. The normalized spacial score (nSPS) is 12.2. The van der Waals surface area contributed by atoms with E-state index in [2.05, 4.69) is 5.32 Å². The van der Waals surface area contributed by atoms with E-state index in [1.807, 2.05) is 19.9 Å². The molecule has 0 heterocycles. The Morgan fingerprint density at radius 1 is 1.18 bits per heavy atom. The molecule has 8 heteroatoms. The van der Waals surface area contributed by atoms with Gasteiger partial charge in [-0.15, -0.1) is 0 Å². The molecule has 2 rings (SSSR count). The number of nitrogens with one attached hydrogen (secondary N) is 1. The summed E-state index contributed by atoms with van der Waals surface area (Å²) in [6, 6.07) is 11.1. The number of nitrogens with zero attached hydrogens (tertiary/aromatic N) is 1. The highest BCUT2D eigenvalue weighted by Crippen LogP contribution is 2.33. The molecule has 2 aromatic carbocycles. The van der Waals surface area contributed by atoms with Gasteiger partial charge in [-0.25, -0.2) is 8.42 Å². The van der Waals surface area contributed by atoms with Gasteiger partial charge >= 0.3 is 0 Å². The molecule has 1 amide bonds. The third kappa shape index (κ3) is 5.16. The van der Waals surface area contributed by atoms with E-state index in [1.165, 1.54) is 14.0 Å². The van der Waals surface area contributed by atoms with E-state index < -0.39 is 22.0 Å². The van der Waals surface area contributed by atoms with Crippen molar-refractivity contribution in [1.82, 2.24) is 0 Å². The monoisotopic (exact) mass is 406 g/mol. The lowest BCUT2D eigenvalue weighted by atomic mass is 10.2. The summed E-state index contributed by atoms with van der Waals surface area (Å²) in [5.41, 5.74) is 1.72. The molecule has 1 atom stereocenters. The highest BCUT2D eigenvalue weighted by Gasteiger charge is 2.31. The summed E-state index contributed by atoms with van der Waals surface area (Å²) >= 11 is 0. The van der Waals surface area contributed by atoms with Crippen LogP contribution in [0.25, 0.3) is 0 Å². The van der Waals surface area contributed by atoms with Gasteiger partial charge in [0.25, 0.3) is 0 Å². The number of amides is 1. The van der Waals surface area contributed by atoms with Crippen LogP contribution in [0.3, 0.4) is 0 Å². The van der Waals surface area contributed by atoms with E-state index in [1.54, 1.807) is 36.4 Å². The first-order valence-corrected chi connectivity index (χ1v) is 10.7. The summed E-state index contributed by atoms with van der Waals surface area (Å²) in [7, 11) is -2.29. The number of aryl methyl sites for hydroxylation is 1. The minimum atomic E-state index is -3.75. The summed E-state index contributed by atoms with van der Waals surface area (Å²) in [6.07, 6.45) is 1.06. The summed E-state index contributed by atoms with van der Waals surface area (Å²) in [5.74, 6) is 0.602. The van der Waals surface area contributed by atoms with Gasteiger partial charge in [-0.1, -0.05) is 6.07 Å². The van der Waals surface area contributed by atoms with Crippen LogP contribution < -0.4 is 19.1 Å². The Hall–Kier alpha value is -2.74. The first-order chi connectivity index (χ1) is 13.2. The topological polar surface area (TPSA) is 84.9 Å². The number of anilines is 2. The smallest absolute Gasteiger partial charge is 0.247 e. The second-order valence-electron chi connectivity index (χ2n) is 6.36. The lowest BCUT2D eigenvalue weighted by Crippen LogP contribution is -2.45. The maximum absolute atomic E-state index is 12.8. The number of methoxy groups -OCH3 is 1. The molecule has 0 radical (unpaired) electrons. The quantitative estimate of drug-likeness (QED) is 0.728. The molecule has 7 nitrogen and oxygen atoms in total. The SMILES string of the molecule is CCOc1ccc(NC(=O)C(C)N(c2cc(C)ccc2OC)S(C)(=O)=O)cc1. The number of rotatable bonds is 8. The Balaban J connectivity index is 2.32. The fourth-order valence-electron chi connectivity index (χ4n) is 2.80. The summed E-state index contributed by atoms with van der Waals surface area (Å²) in [4.78, 5) is 12.8. The fraction of sp³-hybridized carbons (Fsp3) is 0.350. The summed E-state index contributed by atoms with van der Waals surface area (Å²) < 4.78 is 36.8. The van der Waals surface area contributed by atoms with Crippen LogP contribution in [0.2, 0.25) is 0 Å². The molecule has 28 heavy (non-hydrogen) atoms. The summed E-state index contributed by atoms with van der Waals surface area (Å²) in [6.45, 7) is 5.81. The molecule has 0 fully saturated rings. The number of benzene rings is 2. The van der Waals surface area contributed by atoms with Crippen molar-refractivity contribution in [3.63, 3.8) is 0 Å². The molecule has 0 aliphatic heterocycles. The number of carbonyl (C=O) groups is 1. The Labute approximate surface area is 166 Å². The first kappa shape index (κ1) is 21.6. The van der Waals surface area contributed by atoms with Crippen molar-refractivity contribution < 1.29 is 22.7 Å². The number of ether oxygens (including phenoxy) is 2. The molecule has 0 bridgehead atoms. The van der Waals surface area contributed by atoms with Gasteiger partial charge in [-0.05, 0) is 62.7 Å². The minimum Gasteiger partial charge on any atom is -0.495 e. The number of hydrogen-bond donors (Lipinski definition) is 1. The molecule has 2 aromatic rings. The van der Waals surface area contributed by atoms with E-state index in [4.69, 9.17) is 9.47 Å². The fourth-order valence-corrected chi connectivity index (χ4v) is 3.97. The Kier molecular flexibility index (Phi) is 6.90. The van der Waals surface area contributed by atoms with Gasteiger partial charge in [0.05, 0.1) is 25.7 Å². The van der Waals surface area contributed by atoms with Crippen LogP contribution in [0, 0.1) is 6.92 Å². The van der Waals surface area contributed by atoms with Gasteiger partial charge in [0.15, 0.2) is 0 Å². The van der Waals surface area contributed by atoms with Crippen LogP contribution >= 0.6 is 0 Å². The van der Waals surface area contributed by atoms with Gasteiger partial charge < -0.3 is 14.8 Å². The summed E-state index contributed by atoms with van der Waals surface area (Å²) in [5, 5.41) is 2.74. The third-order valence-corrected chi connectivity index (χ3v) is 5.32. The second kappa shape index (κ2) is 8.97. The van der Waals surface area contributed by atoms with E-state index in [0.717, 1.165) is 16.1 Å². The Morgan fingerprint density at radius 2 is 1.82 bits per heavy atom. The van der Waals surface area contributed by atoms with Crippen molar-refractivity contribution in [2.45, 2.75) is 26.8 Å². The molecular formula is C20H26N2O5S. The average molecular weight is 407 g/mol. The van der Waals surface area contributed by atoms with Crippen molar-refractivity contribution in [2.24, 2.45) is 0 Å². The van der Waals surface area contributed by atoms with Crippen molar-refractivity contribution in [3.8, 4) is 11.5 Å².